The number of benzene rings is 3. The first kappa shape index (κ1) is 20.9. The Bertz CT molecular complexity index is 996. The van der Waals surface area contributed by atoms with Gasteiger partial charge in [0.1, 0.15) is 0 Å². The number of hydrogen-bond acceptors (Lipinski definition) is 3. The van der Waals surface area contributed by atoms with Gasteiger partial charge in [0.05, 0.1) is 11.7 Å². The predicted molar refractivity (Wildman–Crippen MR) is 123 cm³/mol. The van der Waals surface area contributed by atoms with Crippen LogP contribution in [0.3, 0.4) is 0 Å². The Morgan fingerprint density at radius 1 is 0.828 bits per heavy atom. The molecule has 1 atom stereocenters. The van der Waals surface area contributed by atoms with Crippen molar-refractivity contribution >= 4 is 23.4 Å². The topological polar surface area (TPSA) is 44.1 Å². The molecule has 0 heterocycles. The molecule has 0 bridgehead atoms. The predicted octanol–water partition coefficient (Wildman–Crippen LogP) is 5.34. The Labute approximate surface area is 174 Å². The lowest BCUT2D eigenvalue weighted by molar-refractivity contribution is 0.578. The first-order valence-electron chi connectivity index (χ1n) is 9.74. The lowest BCUT2D eigenvalue weighted by Gasteiger charge is -2.28. The Balaban J connectivity index is 2.21. The maximum absolute atomic E-state index is 14.8. The number of anilines is 1. The molecule has 29 heavy (non-hydrogen) atoms. The number of nitriles is 1. The van der Waals surface area contributed by atoms with Gasteiger partial charge in [0.15, 0.2) is 7.14 Å². The van der Waals surface area contributed by atoms with Crippen LogP contribution in [0.15, 0.2) is 72.8 Å². The standard InChI is InChI=1S/C25H27N2OP/c1-19-5-13-23(14-6-19)29(28,24-15-7-20(2)8-16-24)25(17-18-26)21-9-11-22(12-10-21)27(3)4/h5-16,25H,17H2,1-4H3. The second-order valence-electron chi connectivity index (χ2n) is 7.69. The van der Waals surface area contributed by atoms with Crippen LogP contribution < -0.4 is 15.5 Å². The van der Waals surface area contributed by atoms with E-state index in [1.807, 2.05) is 106 Å². The van der Waals surface area contributed by atoms with Gasteiger partial charge in [-0.2, -0.15) is 5.26 Å². The van der Waals surface area contributed by atoms with Crippen molar-refractivity contribution in [3.05, 3.63) is 89.5 Å². The minimum atomic E-state index is -3.09. The van der Waals surface area contributed by atoms with E-state index in [-0.39, 0.29) is 6.42 Å². The van der Waals surface area contributed by atoms with Crippen LogP contribution in [-0.2, 0) is 4.57 Å². The van der Waals surface area contributed by atoms with E-state index in [1.165, 1.54) is 0 Å². The van der Waals surface area contributed by atoms with E-state index in [0.29, 0.717) is 0 Å². The molecule has 3 aromatic carbocycles. The summed E-state index contributed by atoms with van der Waals surface area (Å²) in [6.45, 7) is 4.04. The summed E-state index contributed by atoms with van der Waals surface area (Å²) < 4.78 is 14.8. The highest BCUT2D eigenvalue weighted by atomic mass is 31.2. The van der Waals surface area contributed by atoms with Crippen LogP contribution in [0.25, 0.3) is 0 Å². The fourth-order valence-electron chi connectivity index (χ4n) is 3.58. The highest BCUT2D eigenvalue weighted by Crippen LogP contribution is 2.58. The molecule has 0 aliphatic heterocycles. The molecule has 0 aliphatic rings. The number of rotatable bonds is 6. The Kier molecular flexibility index (Phi) is 6.26. The number of nitrogens with zero attached hydrogens (tertiary/aromatic N) is 2. The van der Waals surface area contributed by atoms with Gasteiger partial charge in [-0.05, 0) is 31.5 Å². The zero-order valence-corrected chi connectivity index (χ0v) is 18.4. The Morgan fingerprint density at radius 2 is 1.28 bits per heavy atom. The minimum Gasteiger partial charge on any atom is -0.378 e. The fraction of sp³-hybridized carbons (Fsp3) is 0.240. The molecule has 0 saturated carbocycles. The molecule has 3 aromatic rings. The van der Waals surface area contributed by atoms with E-state index in [1.54, 1.807) is 0 Å². The normalized spacial score (nSPS) is 12.2. The summed E-state index contributed by atoms with van der Waals surface area (Å²) in [5, 5.41) is 11.2. The number of aryl methyl sites for hydroxylation is 2. The molecule has 148 valence electrons. The van der Waals surface area contributed by atoms with Crippen LogP contribution in [0, 0.1) is 25.2 Å². The molecule has 0 radical (unpaired) electrons. The van der Waals surface area contributed by atoms with E-state index < -0.39 is 12.8 Å². The molecule has 0 aromatic heterocycles. The van der Waals surface area contributed by atoms with Crippen molar-refractivity contribution in [2.24, 2.45) is 0 Å². The van der Waals surface area contributed by atoms with Crippen molar-refractivity contribution < 1.29 is 4.57 Å². The summed E-state index contributed by atoms with van der Waals surface area (Å²) in [5.41, 5.74) is 3.86. The molecule has 0 aliphatic carbocycles. The summed E-state index contributed by atoms with van der Waals surface area (Å²) in [5.74, 6) is 0. The molecule has 0 N–H and O–H groups in total. The zero-order chi connectivity index (χ0) is 21.0. The smallest absolute Gasteiger partial charge is 0.151 e. The highest BCUT2D eigenvalue weighted by Gasteiger charge is 2.37. The molecule has 4 heteroatoms. The average molecular weight is 402 g/mol. The van der Waals surface area contributed by atoms with E-state index in [2.05, 4.69) is 6.07 Å². The van der Waals surface area contributed by atoms with Crippen molar-refractivity contribution in [1.29, 1.82) is 5.26 Å². The maximum atomic E-state index is 14.8. The summed E-state index contributed by atoms with van der Waals surface area (Å²) in [6, 6.07) is 26.1. The van der Waals surface area contributed by atoms with Gasteiger partial charge >= 0.3 is 0 Å². The quantitative estimate of drug-likeness (QED) is 0.523. The van der Waals surface area contributed by atoms with Gasteiger partial charge in [-0.3, -0.25) is 0 Å². The van der Waals surface area contributed by atoms with E-state index >= 15 is 0 Å². The molecular formula is C25H27N2OP. The van der Waals surface area contributed by atoms with Gasteiger partial charge in [-0.15, -0.1) is 0 Å². The Morgan fingerprint density at radius 3 is 1.66 bits per heavy atom. The lowest BCUT2D eigenvalue weighted by atomic mass is 10.1. The third-order valence-corrected chi connectivity index (χ3v) is 8.84. The van der Waals surface area contributed by atoms with Gasteiger partial charge in [0, 0.05) is 36.8 Å². The second-order valence-corrected chi connectivity index (χ2v) is 10.7. The minimum absolute atomic E-state index is 0.195. The molecule has 0 fully saturated rings. The van der Waals surface area contributed by atoms with Crippen LogP contribution in [0.4, 0.5) is 5.69 Å². The molecule has 0 spiro atoms. The summed E-state index contributed by atoms with van der Waals surface area (Å²) in [7, 11) is 0.895. The fourth-order valence-corrected chi connectivity index (χ4v) is 6.71. The average Bonchev–Trinajstić information content (AvgIpc) is 2.72. The first-order chi connectivity index (χ1) is 13.9. The van der Waals surface area contributed by atoms with Crippen LogP contribution in [-0.4, -0.2) is 14.1 Å². The van der Waals surface area contributed by atoms with Crippen molar-refractivity contribution in [1.82, 2.24) is 0 Å². The van der Waals surface area contributed by atoms with Gasteiger partial charge in [0.25, 0.3) is 0 Å². The molecule has 0 amide bonds. The second kappa shape index (κ2) is 8.68. The summed E-state index contributed by atoms with van der Waals surface area (Å²) in [6.07, 6.45) is 0.195. The molecule has 3 rings (SSSR count). The van der Waals surface area contributed by atoms with Gasteiger partial charge in [0.2, 0.25) is 0 Å². The Hall–Kier alpha value is -2.82. The van der Waals surface area contributed by atoms with Crippen LogP contribution in [0.1, 0.15) is 28.8 Å². The molecule has 3 nitrogen and oxygen atoms in total. The lowest BCUT2D eigenvalue weighted by Crippen LogP contribution is -2.21. The third kappa shape index (κ3) is 4.29. The zero-order valence-electron chi connectivity index (χ0n) is 17.5. The van der Waals surface area contributed by atoms with Crippen LogP contribution in [0.2, 0.25) is 0 Å². The maximum Gasteiger partial charge on any atom is 0.151 e. The van der Waals surface area contributed by atoms with Crippen LogP contribution >= 0.6 is 7.14 Å². The molecule has 1 unspecified atom stereocenters. The third-order valence-electron chi connectivity index (χ3n) is 5.35. The van der Waals surface area contributed by atoms with E-state index in [4.69, 9.17) is 0 Å². The summed E-state index contributed by atoms with van der Waals surface area (Å²) >= 11 is 0. The van der Waals surface area contributed by atoms with Crippen molar-refractivity contribution in [2.75, 3.05) is 19.0 Å². The molecular weight excluding hydrogens is 375 g/mol. The summed E-state index contributed by atoms with van der Waals surface area (Å²) in [4.78, 5) is 2.03. The SMILES string of the molecule is Cc1ccc(P(=O)(c2ccc(C)cc2)C(CC#N)c2ccc(N(C)C)cc2)cc1. The van der Waals surface area contributed by atoms with E-state index in [0.717, 1.165) is 33.0 Å². The van der Waals surface area contributed by atoms with Crippen molar-refractivity contribution in [3.8, 4) is 6.07 Å². The van der Waals surface area contributed by atoms with E-state index in [9.17, 15) is 9.83 Å². The molecule has 0 saturated heterocycles. The van der Waals surface area contributed by atoms with Gasteiger partial charge < -0.3 is 9.46 Å². The first-order valence-corrected chi connectivity index (χ1v) is 11.5. The van der Waals surface area contributed by atoms with Crippen molar-refractivity contribution in [2.45, 2.75) is 25.9 Å². The highest BCUT2D eigenvalue weighted by molar-refractivity contribution is 7.79. The van der Waals surface area contributed by atoms with Gasteiger partial charge in [-0.1, -0.05) is 71.8 Å². The van der Waals surface area contributed by atoms with Crippen molar-refractivity contribution in [3.63, 3.8) is 0 Å². The largest absolute Gasteiger partial charge is 0.378 e. The van der Waals surface area contributed by atoms with Gasteiger partial charge in [-0.25, -0.2) is 0 Å². The van der Waals surface area contributed by atoms with Crippen LogP contribution in [0.5, 0.6) is 0 Å². The monoisotopic (exact) mass is 402 g/mol. The number of hydrogen-bond donors (Lipinski definition) is 0.